The van der Waals surface area contributed by atoms with Gasteiger partial charge in [-0.25, -0.2) is 0 Å². The Bertz CT molecular complexity index is 558. The molecule has 0 aliphatic carbocycles. The van der Waals surface area contributed by atoms with Gasteiger partial charge in [0, 0.05) is 12.1 Å². The minimum atomic E-state index is -0.129. The number of furan rings is 1. The molecule has 0 saturated heterocycles. The van der Waals surface area contributed by atoms with Crippen LogP contribution < -0.4 is 5.32 Å². The van der Waals surface area contributed by atoms with Gasteiger partial charge < -0.3 is 9.73 Å². The molecule has 3 heteroatoms. The number of benzene rings is 1. The van der Waals surface area contributed by atoms with Crippen molar-refractivity contribution in [1.29, 1.82) is 0 Å². The fourth-order valence-electron chi connectivity index (χ4n) is 2.34. The zero-order valence-corrected chi connectivity index (χ0v) is 9.57. The number of aryl methyl sites for hydroxylation is 1. The molecule has 1 aromatic heterocycles. The molecule has 1 aromatic carbocycles. The SMILES string of the molecule is Cc1cccc2c1NC(=O)C2Cc1ccco1. The highest BCUT2D eigenvalue weighted by molar-refractivity contribution is 6.03. The standard InChI is InChI=1S/C14H13NO2/c1-9-4-2-6-11-12(14(16)15-13(9)11)8-10-5-3-7-17-10/h2-7,12H,8H2,1H3,(H,15,16). The number of rotatable bonds is 2. The number of hydrogen-bond donors (Lipinski definition) is 1. The van der Waals surface area contributed by atoms with Gasteiger partial charge >= 0.3 is 0 Å². The quantitative estimate of drug-likeness (QED) is 0.857. The Morgan fingerprint density at radius 2 is 2.18 bits per heavy atom. The maximum absolute atomic E-state index is 12.0. The Balaban J connectivity index is 1.97. The molecule has 0 bridgehead atoms. The molecule has 2 heterocycles. The average molecular weight is 227 g/mol. The zero-order chi connectivity index (χ0) is 11.8. The van der Waals surface area contributed by atoms with Crippen molar-refractivity contribution < 1.29 is 9.21 Å². The van der Waals surface area contributed by atoms with Crippen LogP contribution in [0.3, 0.4) is 0 Å². The van der Waals surface area contributed by atoms with E-state index >= 15 is 0 Å². The summed E-state index contributed by atoms with van der Waals surface area (Å²) in [5.74, 6) is 0.779. The van der Waals surface area contributed by atoms with Crippen LogP contribution in [0.5, 0.6) is 0 Å². The number of para-hydroxylation sites is 1. The fraction of sp³-hybridized carbons (Fsp3) is 0.214. The van der Waals surface area contributed by atoms with E-state index in [4.69, 9.17) is 4.42 Å². The number of amides is 1. The van der Waals surface area contributed by atoms with Gasteiger partial charge in [-0.3, -0.25) is 4.79 Å². The molecular formula is C14H13NO2. The first-order valence-electron chi connectivity index (χ1n) is 5.68. The maximum Gasteiger partial charge on any atom is 0.232 e. The molecule has 1 unspecified atom stereocenters. The molecule has 1 aliphatic heterocycles. The van der Waals surface area contributed by atoms with Gasteiger partial charge in [-0.2, -0.15) is 0 Å². The van der Waals surface area contributed by atoms with E-state index in [-0.39, 0.29) is 11.8 Å². The summed E-state index contributed by atoms with van der Waals surface area (Å²) < 4.78 is 5.31. The van der Waals surface area contributed by atoms with Gasteiger partial charge in [0.25, 0.3) is 0 Å². The summed E-state index contributed by atoms with van der Waals surface area (Å²) in [7, 11) is 0. The van der Waals surface area contributed by atoms with E-state index in [2.05, 4.69) is 5.32 Å². The van der Waals surface area contributed by atoms with Crippen molar-refractivity contribution in [3.63, 3.8) is 0 Å². The number of hydrogen-bond acceptors (Lipinski definition) is 2. The van der Waals surface area contributed by atoms with Crippen LogP contribution in [0.4, 0.5) is 5.69 Å². The molecule has 2 aromatic rings. The molecule has 1 atom stereocenters. The number of fused-ring (bicyclic) bond motifs is 1. The lowest BCUT2D eigenvalue weighted by atomic mass is 9.95. The van der Waals surface area contributed by atoms with Gasteiger partial charge in [0.15, 0.2) is 0 Å². The lowest BCUT2D eigenvalue weighted by Gasteiger charge is -2.06. The van der Waals surface area contributed by atoms with Crippen molar-refractivity contribution in [2.24, 2.45) is 0 Å². The second kappa shape index (κ2) is 3.77. The van der Waals surface area contributed by atoms with Crippen molar-refractivity contribution >= 4 is 11.6 Å². The van der Waals surface area contributed by atoms with E-state index in [9.17, 15) is 4.79 Å². The number of anilines is 1. The highest BCUT2D eigenvalue weighted by Gasteiger charge is 2.31. The van der Waals surface area contributed by atoms with Crippen LogP contribution in [-0.2, 0) is 11.2 Å². The number of carbonyl (C=O) groups is 1. The summed E-state index contributed by atoms with van der Waals surface area (Å²) in [6.45, 7) is 2.01. The van der Waals surface area contributed by atoms with Crippen LogP contribution in [-0.4, -0.2) is 5.91 Å². The summed E-state index contributed by atoms with van der Waals surface area (Å²) in [5.41, 5.74) is 3.15. The molecule has 1 aliphatic rings. The van der Waals surface area contributed by atoms with Crippen LogP contribution in [0.25, 0.3) is 0 Å². The van der Waals surface area contributed by atoms with E-state index < -0.39 is 0 Å². The van der Waals surface area contributed by atoms with E-state index in [0.29, 0.717) is 6.42 Å². The summed E-state index contributed by atoms with van der Waals surface area (Å²) in [6.07, 6.45) is 2.26. The predicted molar refractivity (Wildman–Crippen MR) is 65.0 cm³/mol. The maximum atomic E-state index is 12.0. The zero-order valence-electron chi connectivity index (χ0n) is 9.57. The molecule has 86 valence electrons. The van der Waals surface area contributed by atoms with Gasteiger partial charge in [-0.1, -0.05) is 18.2 Å². The topological polar surface area (TPSA) is 42.2 Å². The Morgan fingerprint density at radius 3 is 2.94 bits per heavy atom. The second-order valence-electron chi connectivity index (χ2n) is 4.36. The van der Waals surface area contributed by atoms with Crippen LogP contribution in [0.15, 0.2) is 41.0 Å². The van der Waals surface area contributed by atoms with Crippen molar-refractivity contribution in [2.45, 2.75) is 19.3 Å². The summed E-state index contributed by atoms with van der Waals surface area (Å²) in [4.78, 5) is 12.0. The van der Waals surface area contributed by atoms with Crippen molar-refractivity contribution in [3.8, 4) is 0 Å². The molecule has 0 spiro atoms. The lowest BCUT2D eigenvalue weighted by molar-refractivity contribution is -0.117. The largest absolute Gasteiger partial charge is 0.469 e. The first-order valence-corrected chi connectivity index (χ1v) is 5.68. The monoisotopic (exact) mass is 227 g/mol. The van der Waals surface area contributed by atoms with Crippen molar-refractivity contribution in [1.82, 2.24) is 0 Å². The van der Waals surface area contributed by atoms with Gasteiger partial charge in [0.2, 0.25) is 5.91 Å². The van der Waals surface area contributed by atoms with Crippen LogP contribution in [0.2, 0.25) is 0 Å². The van der Waals surface area contributed by atoms with E-state index in [1.54, 1.807) is 6.26 Å². The first-order chi connectivity index (χ1) is 8.25. The van der Waals surface area contributed by atoms with Gasteiger partial charge in [-0.05, 0) is 30.2 Å². The van der Waals surface area contributed by atoms with Gasteiger partial charge in [0.1, 0.15) is 5.76 Å². The molecule has 3 nitrogen and oxygen atoms in total. The minimum Gasteiger partial charge on any atom is -0.469 e. The first kappa shape index (κ1) is 10.1. The molecule has 0 saturated carbocycles. The Morgan fingerprint density at radius 1 is 1.29 bits per heavy atom. The lowest BCUT2D eigenvalue weighted by Crippen LogP contribution is -2.14. The second-order valence-corrected chi connectivity index (χ2v) is 4.36. The molecule has 1 N–H and O–H groups in total. The highest BCUT2D eigenvalue weighted by atomic mass is 16.3. The Kier molecular flexibility index (Phi) is 2.25. The predicted octanol–water partition coefficient (Wildman–Crippen LogP) is 2.87. The Labute approximate surface area is 99.4 Å². The Hall–Kier alpha value is -2.03. The van der Waals surface area contributed by atoms with Crippen LogP contribution >= 0.6 is 0 Å². The van der Waals surface area contributed by atoms with E-state index in [1.807, 2.05) is 37.3 Å². The van der Waals surface area contributed by atoms with E-state index in [0.717, 1.165) is 22.6 Å². The summed E-state index contributed by atoms with van der Waals surface area (Å²) >= 11 is 0. The fourth-order valence-corrected chi connectivity index (χ4v) is 2.34. The van der Waals surface area contributed by atoms with Gasteiger partial charge in [-0.15, -0.1) is 0 Å². The third-order valence-electron chi connectivity index (χ3n) is 3.23. The molecule has 0 fully saturated rings. The average Bonchev–Trinajstić information content (AvgIpc) is 2.91. The number of nitrogens with one attached hydrogen (secondary N) is 1. The summed E-state index contributed by atoms with van der Waals surface area (Å²) in [6, 6.07) is 9.76. The molecule has 1 amide bonds. The molecule has 0 radical (unpaired) electrons. The third-order valence-corrected chi connectivity index (χ3v) is 3.23. The highest BCUT2D eigenvalue weighted by Crippen LogP contribution is 2.36. The van der Waals surface area contributed by atoms with Crippen molar-refractivity contribution in [2.75, 3.05) is 5.32 Å². The van der Waals surface area contributed by atoms with Crippen LogP contribution in [0.1, 0.15) is 22.8 Å². The molecule has 17 heavy (non-hydrogen) atoms. The number of carbonyl (C=O) groups excluding carboxylic acids is 1. The smallest absolute Gasteiger partial charge is 0.232 e. The van der Waals surface area contributed by atoms with Crippen LogP contribution in [0, 0.1) is 6.92 Å². The third kappa shape index (κ3) is 1.64. The molecular weight excluding hydrogens is 214 g/mol. The molecule has 3 rings (SSSR count). The minimum absolute atomic E-state index is 0.0608. The normalized spacial score (nSPS) is 17.9. The summed E-state index contributed by atoms with van der Waals surface area (Å²) in [5, 5.41) is 2.95. The van der Waals surface area contributed by atoms with Gasteiger partial charge in [0.05, 0.1) is 12.2 Å². The van der Waals surface area contributed by atoms with Crippen molar-refractivity contribution in [3.05, 3.63) is 53.5 Å². The van der Waals surface area contributed by atoms with E-state index in [1.165, 1.54) is 0 Å².